The van der Waals surface area contributed by atoms with Crippen LogP contribution in [-0.4, -0.2) is 5.91 Å². The summed E-state index contributed by atoms with van der Waals surface area (Å²) in [4.78, 5) is 12.4. The van der Waals surface area contributed by atoms with Crippen LogP contribution in [-0.2, 0) is 4.79 Å². The number of aryl methyl sites for hydroxylation is 1. The average molecular weight is 363 g/mol. The van der Waals surface area contributed by atoms with Crippen molar-refractivity contribution >= 4 is 29.3 Å². The van der Waals surface area contributed by atoms with Crippen LogP contribution in [0.15, 0.2) is 70.7 Å². The topological polar surface area (TPSA) is 66.0 Å². The summed E-state index contributed by atoms with van der Waals surface area (Å²) >= 11 is 5.88. The van der Waals surface area contributed by atoms with Crippen molar-refractivity contribution in [2.24, 2.45) is 0 Å². The molecule has 0 aliphatic carbocycles. The van der Waals surface area contributed by atoms with Crippen LogP contribution >= 0.6 is 11.6 Å². The number of hydrogen-bond acceptors (Lipinski definition) is 3. The lowest BCUT2D eigenvalue weighted by atomic mass is 10.1. The third kappa shape index (κ3) is 4.02. The molecule has 3 rings (SSSR count). The number of amides is 1. The van der Waals surface area contributed by atoms with Gasteiger partial charge in [-0.2, -0.15) is 5.26 Å². The molecule has 0 radical (unpaired) electrons. The number of nitriles is 1. The van der Waals surface area contributed by atoms with Gasteiger partial charge in [0.2, 0.25) is 0 Å². The molecule has 0 saturated carbocycles. The van der Waals surface area contributed by atoms with Crippen LogP contribution in [0.2, 0.25) is 5.02 Å². The summed E-state index contributed by atoms with van der Waals surface area (Å²) < 4.78 is 5.72. The Morgan fingerprint density at radius 3 is 2.54 bits per heavy atom. The van der Waals surface area contributed by atoms with Crippen LogP contribution in [0.25, 0.3) is 17.4 Å². The lowest BCUT2D eigenvalue weighted by molar-refractivity contribution is -0.112. The Hall–Kier alpha value is -3.29. The number of furan rings is 1. The second kappa shape index (κ2) is 7.73. The molecular formula is C21H15ClN2O2. The number of nitrogens with zero attached hydrogens (tertiary/aromatic N) is 1. The third-order valence-electron chi connectivity index (χ3n) is 3.80. The van der Waals surface area contributed by atoms with E-state index in [-0.39, 0.29) is 5.57 Å². The minimum atomic E-state index is -0.480. The molecule has 0 unspecified atom stereocenters. The predicted molar refractivity (Wildman–Crippen MR) is 103 cm³/mol. The molecule has 5 heteroatoms. The zero-order chi connectivity index (χ0) is 18.5. The molecule has 0 saturated heterocycles. The van der Waals surface area contributed by atoms with Gasteiger partial charge in [0.15, 0.2) is 0 Å². The molecule has 1 N–H and O–H groups in total. The Bertz CT molecular complexity index is 1010. The van der Waals surface area contributed by atoms with Gasteiger partial charge in [-0.15, -0.1) is 0 Å². The van der Waals surface area contributed by atoms with Gasteiger partial charge in [0, 0.05) is 22.3 Å². The molecule has 128 valence electrons. The van der Waals surface area contributed by atoms with E-state index in [4.69, 9.17) is 16.0 Å². The maximum Gasteiger partial charge on any atom is 0.266 e. The van der Waals surface area contributed by atoms with Gasteiger partial charge in [-0.1, -0.05) is 29.8 Å². The molecule has 1 amide bonds. The number of anilines is 1. The predicted octanol–water partition coefficient (Wildman–Crippen LogP) is 5.45. The monoisotopic (exact) mass is 362 g/mol. The SMILES string of the molecule is Cc1ccccc1NC(=O)/C(C#N)=C\c1ccc(-c2ccc(Cl)cc2)o1. The Balaban J connectivity index is 1.81. The highest BCUT2D eigenvalue weighted by Crippen LogP contribution is 2.25. The van der Waals surface area contributed by atoms with Gasteiger partial charge >= 0.3 is 0 Å². The van der Waals surface area contributed by atoms with Crippen molar-refractivity contribution < 1.29 is 9.21 Å². The van der Waals surface area contributed by atoms with E-state index in [0.717, 1.165) is 11.1 Å². The number of halogens is 1. The first-order valence-corrected chi connectivity index (χ1v) is 8.29. The fraction of sp³-hybridized carbons (Fsp3) is 0.0476. The lowest BCUT2D eigenvalue weighted by Crippen LogP contribution is -2.14. The molecular weight excluding hydrogens is 348 g/mol. The highest BCUT2D eigenvalue weighted by molar-refractivity contribution is 6.30. The summed E-state index contributed by atoms with van der Waals surface area (Å²) in [5, 5.41) is 12.7. The molecule has 0 atom stereocenters. The number of hydrogen-bond donors (Lipinski definition) is 1. The van der Waals surface area contributed by atoms with E-state index < -0.39 is 5.91 Å². The first-order chi connectivity index (χ1) is 12.6. The minimum Gasteiger partial charge on any atom is -0.457 e. The third-order valence-corrected chi connectivity index (χ3v) is 4.05. The zero-order valence-corrected chi connectivity index (χ0v) is 14.7. The molecule has 1 heterocycles. The van der Waals surface area contributed by atoms with E-state index in [9.17, 15) is 10.1 Å². The van der Waals surface area contributed by atoms with Gasteiger partial charge < -0.3 is 9.73 Å². The number of benzene rings is 2. The van der Waals surface area contributed by atoms with Gasteiger partial charge in [0.1, 0.15) is 23.2 Å². The number of carbonyl (C=O) groups is 1. The molecule has 0 fully saturated rings. The molecule has 0 aliphatic heterocycles. The maximum atomic E-state index is 12.4. The van der Waals surface area contributed by atoms with Crippen molar-refractivity contribution in [3.05, 3.63) is 82.6 Å². The van der Waals surface area contributed by atoms with Crippen molar-refractivity contribution in [1.29, 1.82) is 5.26 Å². The molecule has 4 nitrogen and oxygen atoms in total. The first-order valence-electron chi connectivity index (χ1n) is 7.91. The van der Waals surface area contributed by atoms with Crippen LogP contribution in [0, 0.1) is 18.3 Å². The summed E-state index contributed by atoms with van der Waals surface area (Å²) in [7, 11) is 0. The van der Waals surface area contributed by atoms with Crippen molar-refractivity contribution in [3.8, 4) is 17.4 Å². The van der Waals surface area contributed by atoms with E-state index in [1.807, 2.05) is 43.3 Å². The quantitative estimate of drug-likeness (QED) is 0.495. The number of nitrogens with one attached hydrogen (secondary N) is 1. The van der Waals surface area contributed by atoms with Crippen LogP contribution in [0.5, 0.6) is 0 Å². The van der Waals surface area contributed by atoms with E-state index in [1.54, 1.807) is 30.3 Å². The summed E-state index contributed by atoms with van der Waals surface area (Å²) in [6.07, 6.45) is 1.42. The fourth-order valence-corrected chi connectivity index (χ4v) is 2.52. The van der Waals surface area contributed by atoms with Crippen LogP contribution in [0.1, 0.15) is 11.3 Å². The molecule has 0 bridgehead atoms. The van der Waals surface area contributed by atoms with Crippen molar-refractivity contribution in [3.63, 3.8) is 0 Å². The molecule has 0 aliphatic rings. The maximum absolute atomic E-state index is 12.4. The Morgan fingerprint density at radius 1 is 1.12 bits per heavy atom. The van der Waals surface area contributed by atoms with Gasteiger partial charge in [0.25, 0.3) is 5.91 Å². The van der Waals surface area contributed by atoms with Crippen molar-refractivity contribution in [1.82, 2.24) is 0 Å². The summed E-state index contributed by atoms with van der Waals surface area (Å²) in [5.74, 6) is 0.571. The first kappa shape index (κ1) is 17.5. The fourth-order valence-electron chi connectivity index (χ4n) is 2.39. The average Bonchev–Trinajstić information content (AvgIpc) is 3.10. The Morgan fingerprint density at radius 2 is 1.85 bits per heavy atom. The molecule has 1 aromatic heterocycles. The minimum absolute atomic E-state index is 0.0368. The van der Waals surface area contributed by atoms with Gasteiger partial charge in [-0.3, -0.25) is 4.79 Å². The summed E-state index contributed by atoms with van der Waals surface area (Å²) in [6.45, 7) is 1.89. The number of para-hydroxylation sites is 1. The van der Waals surface area contributed by atoms with Gasteiger partial charge in [0.05, 0.1) is 0 Å². The summed E-state index contributed by atoms with van der Waals surface area (Å²) in [5.41, 5.74) is 2.41. The highest BCUT2D eigenvalue weighted by Gasteiger charge is 2.12. The van der Waals surface area contributed by atoms with E-state index >= 15 is 0 Å². The number of carbonyl (C=O) groups excluding carboxylic acids is 1. The smallest absolute Gasteiger partial charge is 0.266 e. The lowest BCUT2D eigenvalue weighted by Gasteiger charge is -2.06. The standard InChI is InChI=1S/C21H15ClN2O2/c1-14-4-2-3-5-19(14)24-21(25)16(13-23)12-18-10-11-20(26-18)15-6-8-17(22)9-7-15/h2-12H,1H3,(H,24,25)/b16-12-. The van der Waals surface area contributed by atoms with Crippen LogP contribution in [0.4, 0.5) is 5.69 Å². The van der Waals surface area contributed by atoms with E-state index in [0.29, 0.717) is 22.2 Å². The zero-order valence-electron chi connectivity index (χ0n) is 14.0. The second-order valence-corrected chi connectivity index (χ2v) is 6.08. The second-order valence-electron chi connectivity index (χ2n) is 5.65. The highest BCUT2D eigenvalue weighted by atomic mass is 35.5. The van der Waals surface area contributed by atoms with E-state index in [2.05, 4.69) is 5.32 Å². The molecule has 0 spiro atoms. The van der Waals surface area contributed by atoms with Crippen LogP contribution < -0.4 is 5.32 Å². The van der Waals surface area contributed by atoms with E-state index in [1.165, 1.54) is 6.08 Å². The largest absolute Gasteiger partial charge is 0.457 e. The van der Waals surface area contributed by atoms with Crippen LogP contribution in [0.3, 0.4) is 0 Å². The van der Waals surface area contributed by atoms with Gasteiger partial charge in [-0.25, -0.2) is 0 Å². The summed E-state index contributed by atoms with van der Waals surface area (Å²) in [6, 6.07) is 20.0. The molecule has 2 aromatic carbocycles. The van der Waals surface area contributed by atoms with Crippen molar-refractivity contribution in [2.75, 3.05) is 5.32 Å². The van der Waals surface area contributed by atoms with Crippen molar-refractivity contribution in [2.45, 2.75) is 6.92 Å². The van der Waals surface area contributed by atoms with Gasteiger partial charge in [-0.05, 0) is 55.0 Å². The Kier molecular flexibility index (Phi) is 5.21. The molecule has 3 aromatic rings. The normalized spacial score (nSPS) is 11.0. The molecule has 26 heavy (non-hydrogen) atoms. The number of rotatable bonds is 4. The Labute approximate surface area is 156 Å².